The molecule has 116 valence electrons. The molecule has 1 amide bonds. The summed E-state index contributed by atoms with van der Waals surface area (Å²) >= 11 is 1.54. The molecule has 1 heterocycles. The number of nitrogens with one attached hydrogen (secondary N) is 1. The van der Waals surface area contributed by atoms with E-state index in [0.29, 0.717) is 10.6 Å². The SMILES string of the molecule is COC(=O)c1c(NC(=O)C(C)C)sc2c1CCCCCC2. The van der Waals surface area contributed by atoms with Crippen LogP contribution in [-0.2, 0) is 22.4 Å². The molecule has 0 saturated heterocycles. The van der Waals surface area contributed by atoms with Crippen LogP contribution in [0.1, 0.15) is 60.3 Å². The highest BCUT2D eigenvalue weighted by atomic mass is 32.1. The maximum Gasteiger partial charge on any atom is 0.341 e. The zero-order valence-corrected chi connectivity index (χ0v) is 13.8. The van der Waals surface area contributed by atoms with Gasteiger partial charge in [-0.2, -0.15) is 0 Å². The van der Waals surface area contributed by atoms with E-state index in [1.807, 2.05) is 13.8 Å². The Morgan fingerprint density at radius 3 is 2.43 bits per heavy atom. The maximum absolute atomic E-state index is 12.2. The number of amides is 1. The van der Waals surface area contributed by atoms with Crippen LogP contribution in [0.3, 0.4) is 0 Å². The van der Waals surface area contributed by atoms with E-state index < -0.39 is 0 Å². The highest BCUT2D eigenvalue weighted by molar-refractivity contribution is 7.17. The van der Waals surface area contributed by atoms with E-state index in [1.165, 1.54) is 24.8 Å². The van der Waals surface area contributed by atoms with Crippen LogP contribution in [0.2, 0.25) is 0 Å². The minimum absolute atomic E-state index is 0.0608. The average Bonchev–Trinajstić information content (AvgIpc) is 2.74. The van der Waals surface area contributed by atoms with Crippen molar-refractivity contribution in [3.8, 4) is 0 Å². The third kappa shape index (κ3) is 3.64. The lowest BCUT2D eigenvalue weighted by molar-refractivity contribution is -0.118. The van der Waals surface area contributed by atoms with Gasteiger partial charge in [0.05, 0.1) is 12.7 Å². The summed E-state index contributed by atoms with van der Waals surface area (Å²) in [5, 5.41) is 3.56. The monoisotopic (exact) mass is 309 g/mol. The van der Waals surface area contributed by atoms with Crippen molar-refractivity contribution in [2.75, 3.05) is 12.4 Å². The Morgan fingerprint density at radius 1 is 1.14 bits per heavy atom. The number of ether oxygens (including phenoxy) is 1. The van der Waals surface area contributed by atoms with Crippen molar-refractivity contribution in [1.82, 2.24) is 0 Å². The van der Waals surface area contributed by atoms with Gasteiger partial charge < -0.3 is 10.1 Å². The lowest BCUT2D eigenvalue weighted by Gasteiger charge is -2.11. The van der Waals surface area contributed by atoms with E-state index in [1.54, 1.807) is 11.3 Å². The summed E-state index contributed by atoms with van der Waals surface area (Å²) < 4.78 is 4.93. The van der Waals surface area contributed by atoms with E-state index in [4.69, 9.17) is 4.74 Å². The summed E-state index contributed by atoms with van der Waals surface area (Å²) in [7, 11) is 1.39. The van der Waals surface area contributed by atoms with Crippen LogP contribution >= 0.6 is 11.3 Å². The number of fused-ring (bicyclic) bond motifs is 1. The Labute approximate surface area is 129 Å². The van der Waals surface area contributed by atoms with Crippen LogP contribution in [-0.4, -0.2) is 19.0 Å². The molecule has 1 N–H and O–H groups in total. The van der Waals surface area contributed by atoms with Crippen molar-refractivity contribution in [3.63, 3.8) is 0 Å². The van der Waals surface area contributed by atoms with Gasteiger partial charge in [-0.1, -0.05) is 26.7 Å². The highest BCUT2D eigenvalue weighted by Gasteiger charge is 2.26. The Morgan fingerprint density at radius 2 is 1.81 bits per heavy atom. The van der Waals surface area contributed by atoms with Gasteiger partial charge in [-0.3, -0.25) is 4.79 Å². The summed E-state index contributed by atoms with van der Waals surface area (Å²) in [5.74, 6) is -0.512. The topological polar surface area (TPSA) is 55.4 Å². The highest BCUT2D eigenvalue weighted by Crippen LogP contribution is 2.37. The Bertz CT molecular complexity index is 534. The molecule has 0 bridgehead atoms. The summed E-state index contributed by atoms with van der Waals surface area (Å²) in [6.45, 7) is 3.69. The molecule has 0 spiro atoms. The summed E-state index contributed by atoms with van der Waals surface area (Å²) in [6.07, 6.45) is 6.55. The predicted octanol–water partition coefficient (Wildman–Crippen LogP) is 3.79. The van der Waals surface area contributed by atoms with Crippen LogP contribution < -0.4 is 5.32 Å². The van der Waals surface area contributed by atoms with E-state index in [2.05, 4.69) is 5.32 Å². The minimum atomic E-state index is -0.341. The van der Waals surface area contributed by atoms with Crippen molar-refractivity contribution in [3.05, 3.63) is 16.0 Å². The fourth-order valence-electron chi connectivity index (χ4n) is 2.58. The van der Waals surface area contributed by atoms with Gasteiger partial charge in [-0.25, -0.2) is 4.79 Å². The number of carbonyl (C=O) groups excluding carboxylic acids is 2. The quantitative estimate of drug-likeness (QED) is 0.864. The molecule has 1 aliphatic carbocycles. The second kappa shape index (κ2) is 7.07. The van der Waals surface area contributed by atoms with Crippen LogP contribution in [0, 0.1) is 5.92 Å². The van der Waals surface area contributed by atoms with Crippen LogP contribution in [0.5, 0.6) is 0 Å². The maximum atomic E-state index is 12.2. The third-order valence-corrected chi connectivity index (χ3v) is 5.03. The molecule has 2 rings (SSSR count). The van der Waals surface area contributed by atoms with Crippen molar-refractivity contribution in [2.24, 2.45) is 5.92 Å². The van der Waals surface area contributed by atoms with Crippen LogP contribution in [0.15, 0.2) is 0 Å². The molecule has 0 aromatic carbocycles. The minimum Gasteiger partial charge on any atom is -0.465 e. The van der Waals surface area contributed by atoms with Gasteiger partial charge in [0.15, 0.2) is 0 Å². The zero-order valence-electron chi connectivity index (χ0n) is 13.0. The van der Waals surface area contributed by atoms with Crippen LogP contribution in [0.4, 0.5) is 5.00 Å². The summed E-state index contributed by atoms with van der Waals surface area (Å²) in [5.41, 5.74) is 1.67. The van der Waals surface area contributed by atoms with Gasteiger partial charge in [0.25, 0.3) is 0 Å². The van der Waals surface area contributed by atoms with Gasteiger partial charge in [0.2, 0.25) is 5.91 Å². The summed E-state index contributed by atoms with van der Waals surface area (Å²) in [6, 6.07) is 0. The molecule has 0 aliphatic heterocycles. The largest absolute Gasteiger partial charge is 0.465 e. The molecule has 0 atom stereocenters. The van der Waals surface area contributed by atoms with Crippen molar-refractivity contribution < 1.29 is 14.3 Å². The number of thiophene rings is 1. The molecule has 0 saturated carbocycles. The first-order valence-corrected chi connectivity index (χ1v) is 8.40. The number of anilines is 1. The molecule has 1 aromatic heterocycles. The van der Waals surface area contributed by atoms with Gasteiger partial charge in [0, 0.05) is 10.8 Å². The lowest BCUT2D eigenvalue weighted by Crippen LogP contribution is -2.19. The smallest absolute Gasteiger partial charge is 0.341 e. The second-order valence-corrected chi connectivity index (χ2v) is 6.86. The van der Waals surface area contributed by atoms with E-state index in [0.717, 1.165) is 31.2 Å². The van der Waals surface area contributed by atoms with Crippen molar-refractivity contribution in [1.29, 1.82) is 0 Å². The lowest BCUT2D eigenvalue weighted by atomic mass is 9.96. The fourth-order valence-corrected chi connectivity index (χ4v) is 3.86. The van der Waals surface area contributed by atoms with E-state index >= 15 is 0 Å². The molecular formula is C16H23NO3S. The van der Waals surface area contributed by atoms with Crippen molar-refractivity contribution in [2.45, 2.75) is 52.4 Å². The molecule has 1 aliphatic rings. The first-order valence-electron chi connectivity index (χ1n) is 7.58. The molecule has 1 aromatic rings. The molecule has 0 fully saturated rings. The van der Waals surface area contributed by atoms with Gasteiger partial charge in [0.1, 0.15) is 5.00 Å². The number of aryl methyl sites for hydroxylation is 1. The van der Waals surface area contributed by atoms with Gasteiger partial charge in [-0.05, 0) is 31.2 Å². The second-order valence-electron chi connectivity index (χ2n) is 5.76. The Kier molecular flexibility index (Phi) is 5.39. The zero-order chi connectivity index (χ0) is 15.4. The Hall–Kier alpha value is -1.36. The third-order valence-electron chi connectivity index (χ3n) is 3.82. The fraction of sp³-hybridized carbons (Fsp3) is 0.625. The molecular weight excluding hydrogens is 286 g/mol. The molecule has 5 heteroatoms. The number of hydrogen-bond donors (Lipinski definition) is 1. The average molecular weight is 309 g/mol. The number of carbonyl (C=O) groups is 2. The first kappa shape index (κ1) is 16.0. The molecule has 0 radical (unpaired) electrons. The summed E-state index contributed by atoms with van der Waals surface area (Å²) in [4.78, 5) is 25.3. The standard InChI is InChI=1S/C16H23NO3S/c1-10(2)14(18)17-15-13(16(19)20-3)11-8-6-4-5-7-9-12(11)21-15/h10H,4-9H2,1-3H3,(H,17,18). The predicted molar refractivity (Wildman–Crippen MR) is 85.0 cm³/mol. The number of methoxy groups -OCH3 is 1. The van der Waals surface area contributed by atoms with Crippen molar-refractivity contribution >= 4 is 28.2 Å². The first-order chi connectivity index (χ1) is 10.0. The van der Waals surface area contributed by atoms with E-state index in [-0.39, 0.29) is 17.8 Å². The number of rotatable bonds is 3. The van der Waals surface area contributed by atoms with Gasteiger partial charge in [-0.15, -0.1) is 11.3 Å². The number of hydrogen-bond acceptors (Lipinski definition) is 4. The van der Waals surface area contributed by atoms with Crippen LogP contribution in [0.25, 0.3) is 0 Å². The normalized spacial score (nSPS) is 15.0. The number of esters is 1. The van der Waals surface area contributed by atoms with E-state index in [9.17, 15) is 9.59 Å². The Balaban J connectivity index is 2.40. The molecule has 21 heavy (non-hydrogen) atoms. The van der Waals surface area contributed by atoms with Gasteiger partial charge >= 0.3 is 5.97 Å². The molecule has 4 nitrogen and oxygen atoms in total. The molecule has 0 unspecified atom stereocenters.